The Morgan fingerprint density at radius 2 is 1.68 bits per heavy atom. The molecule has 0 bridgehead atoms. The second-order valence-corrected chi connectivity index (χ2v) is 10.2. The van der Waals surface area contributed by atoms with Gasteiger partial charge in [-0.05, 0) is 43.2 Å². The summed E-state index contributed by atoms with van der Waals surface area (Å²) >= 11 is 0. The molecule has 0 aliphatic carbocycles. The Balaban J connectivity index is 1.29. The monoisotopic (exact) mass is 489 g/mol. The Bertz CT molecular complexity index is 1120. The molecule has 4 rings (SSSR count). The predicted octanol–water partition coefficient (Wildman–Crippen LogP) is 1.75. The largest absolute Gasteiger partial charge is 0.497 e. The Labute approximate surface area is 198 Å². The first-order chi connectivity index (χ1) is 16.3. The Morgan fingerprint density at radius 3 is 2.21 bits per heavy atom. The second kappa shape index (κ2) is 9.94. The number of hydrogen-bond donors (Lipinski definition) is 0. The SMILES string of the molecule is COc1ccc(S(=O)(=O)N2CCC(C(=O)N3CCN(c4ccc([N+](=O)[O-])cn4)CC3)CC2)cc1. The minimum absolute atomic E-state index is 0.0535. The summed E-state index contributed by atoms with van der Waals surface area (Å²) in [6, 6.07) is 9.35. The first kappa shape index (κ1) is 23.9. The fourth-order valence-electron chi connectivity index (χ4n) is 4.33. The van der Waals surface area contributed by atoms with Crippen LogP contribution in [0, 0.1) is 16.0 Å². The number of benzene rings is 1. The van der Waals surface area contributed by atoms with E-state index in [1.807, 2.05) is 9.80 Å². The highest BCUT2D eigenvalue weighted by molar-refractivity contribution is 7.89. The zero-order chi connectivity index (χ0) is 24.3. The van der Waals surface area contributed by atoms with Crippen molar-refractivity contribution >= 4 is 27.4 Å². The lowest BCUT2D eigenvalue weighted by molar-refractivity contribution is -0.385. The Morgan fingerprint density at radius 1 is 1.03 bits per heavy atom. The van der Waals surface area contributed by atoms with Crippen molar-refractivity contribution in [3.63, 3.8) is 0 Å². The maximum absolute atomic E-state index is 13.0. The van der Waals surface area contributed by atoms with E-state index in [0.717, 1.165) is 0 Å². The molecule has 2 fully saturated rings. The van der Waals surface area contributed by atoms with Crippen LogP contribution in [-0.2, 0) is 14.8 Å². The van der Waals surface area contributed by atoms with Gasteiger partial charge >= 0.3 is 0 Å². The summed E-state index contributed by atoms with van der Waals surface area (Å²) < 4.78 is 32.4. The minimum Gasteiger partial charge on any atom is -0.497 e. The van der Waals surface area contributed by atoms with Crippen LogP contribution in [0.3, 0.4) is 0 Å². The maximum Gasteiger partial charge on any atom is 0.287 e. The molecular weight excluding hydrogens is 462 g/mol. The van der Waals surface area contributed by atoms with Crippen LogP contribution < -0.4 is 9.64 Å². The van der Waals surface area contributed by atoms with Gasteiger partial charge in [-0.15, -0.1) is 0 Å². The third-order valence-electron chi connectivity index (χ3n) is 6.36. The zero-order valence-electron chi connectivity index (χ0n) is 18.9. The molecule has 11 nitrogen and oxygen atoms in total. The van der Waals surface area contributed by atoms with Crippen LogP contribution >= 0.6 is 0 Å². The van der Waals surface area contributed by atoms with Gasteiger partial charge < -0.3 is 14.5 Å². The predicted molar refractivity (Wildman–Crippen MR) is 124 cm³/mol. The van der Waals surface area contributed by atoms with Gasteiger partial charge in [-0.1, -0.05) is 0 Å². The Kier molecular flexibility index (Phi) is 6.98. The third-order valence-corrected chi connectivity index (χ3v) is 8.27. The summed E-state index contributed by atoms with van der Waals surface area (Å²) in [5, 5.41) is 10.8. The lowest BCUT2D eigenvalue weighted by Crippen LogP contribution is -2.52. The first-order valence-corrected chi connectivity index (χ1v) is 12.5. The number of piperidine rings is 1. The van der Waals surface area contributed by atoms with Crippen molar-refractivity contribution in [3.8, 4) is 5.75 Å². The number of aromatic nitrogens is 1. The number of carbonyl (C=O) groups excluding carboxylic acids is 1. The number of nitrogens with zero attached hydrogens (tertiary/aromatic N) is 5. The molecule has 0 atom stereocenters. The first-order valence-electron chi connectivity index (χ1n) is 11.1. The van der Waals surface area contributed by atoms with Crippen molar-refractivity contribution in [1.82, 2.24) is 14.2 Å². The number of piperazine rings is 1. The van der Waals surface area contributed by atoms with Gasteiger partial charge in [0.15, 0.2) is 0 Å². The average Bonchev–Trinajstić information content (AvgIpc) is 2.88. The number of carbonyl (C=O) groups is 1. The summed E-state index contributed by atoms with van der Waals surface area (Å²) in [5.74, 6) is 1.09. The number of ether oxygens (including phenoxy) is 1. The fourth-order valence-corrected chi connectivity index (χ4v) is 5.80. The molecule has 2 aliphatic heterocycles. The topological polar surface area (TPSA) is 126 Å². The van der Waals surface area contributed by atoms with Crippen LogP contribution in [0.2, 0.25) is 0 Å². The van der Waals surface area contributed by atoms with E-state index in [0.29, 0.717) is 63.7 Å². The van der Waals surface area contributed by atoms with Gasteiger partial charge in [0.2, 0.25) is 15.9 Å². The van der Waals surface area contributed by atoms with Crippen molar-refractivity contribution in [2.75, 3.05) is 51.3 Å². The third kappa shape index (κ3) is 4.97. The van der Waals surface area contributed by atoms with Gasteiger partial charge in [-0.3, -0.25) is 14.9 Å². The molecule has 2 aromatic rings. The van der Waals surface area contributed by atoms with E-state index in [-0.39, 0.29) is 22.4 Å². The zero-order valence-corrected chi connectivity index (χ0v) is 19.7. The summed E-state index contributed by atoms with van der Waals surface area (Å²) in [4.78, 5) is 31.6. The van der Waals surface area contributed by atoms with Crippen LogP contribution in [0.1, 0.15) is 12.8 Å². The molecule has 0 saturated carbocycles. The molecule has 0 N–H and O–H groups in total. The van der Waals surface area contributed by atoms with Gasteiger partial charge in [0.1, 0.15) is 17.8 Å². The summed E-state index contributed by atoms with van der Waals surface area (Å²) in [7, 11) is -2.08. The minimum atomic E-state index is -3.61. The molecule has 3 heterocycles. The highest BCUT2D eigenvalue weighted by Gasteiger charge is 2.34. The highest BCUT2D eigenvalue weighted by Crippen LogP contribution is 2.27. The van der Waals surface area contributed by atoms with Gasteiger partial charge in [-0.25, -0.2) is 13.4 Å². The summed E-state index contributed by atoms with van der Waals surface area (Å²) in [6.07, 6.45) is 2.21. The maximum atomic E-state index is 13.0. The van der Waals surface area contributed by atoms with Crippen LogP contribution in [-0.4, -0.2) is 79.8 Å². The van der Waals surface area contributed by atoms with E-state index < -0.39 is 14.9 Å². The molecule has 2 saturated heterocycles. The molecule has 34 heavy (non-hydrogen) atoms. The number of pyridine rings is 1. The lowest BCUT2D eigenvalue weighted by Gasteiger charge is -2.38. The van der Waals surface area contributed by atoms with Crippen molar-refractivity contribution in [3.05, 3.63) is 52.7 Å². The van der Waals surface area contributed by atoms with Gasteiger partial charge in [0.05, 0.1) is 16.9 Å². The molecule has 0 radical (unpaired) electrons. The van der Waals surface area contributed by atoms with Crippen molar-refractivity contribution in [2.45, 2.75) is 17.7 Å². The molecule has 1 aromatic heterocycles. The smallest absolute Gasteiger partial charge is 0.287 e. The van der Waals surface area contributed by atoms with Crippen molar-refractivity contribution in [2.24, 2.45) is 5.92 Å². The molecule has 1 amide bonds. The van der Waals surface area contributed by atoms with Crippen LogP contribution in [0.5, 0.6) is 5.75 Å². The lowest BCUT2D eigenvalue weighted by atomic mass is 9.96. The van der Waals surface area contributed by atoms with Gasteiger partial charge in [-0.2, -0.15) is 4.31 Å². The molecule has 12 heteroatoms. The highest BCUT2D eigenvalue weighted by atomic mass is 32.2. The number of amides is 1. The van der Waals surface area contributed by atoms with Crippen LogP contribution in [0.4, 0.5) is 11.5 Å². The molecular formula is C22H27N5O6S. The van der Waals surface area contributed by atoms with E-state index >= 15 is 0 Å². The number of hydrogen-bond acceptors (Lipinski definition) is 8. The quantitative estimate of drug-likeness (QED) is 0.444. The van der Waals surface area contributed by atoms with Crippen LogP contribution in [0.15, 0.2) is 47.5 Å². The van der Waals surface area contributed by atoms with E-state index in [1.54, 1.807) is 18.2 Å². The van der Waals surface area contributed by atoms with Gasteiger partial charge in [0, 0.05) is 51.3 Å². The van der Waals surface area contributed by atoms with E-state index in [2.05, 4.69) is 4.98 Å². The number of anilines is 1. The average molecular weight is 490 g/mol. The second-order valence-electron chi connectivity index (χ2n) is 8.30. The van der Waals surface area contributed by atoms with Gasteiger partial charge in [0.25, 0.3) is 5.69 Å². The summed E-state index contributed by atoms with van der Waals surface area (Å²) in [5.41, 5.74) is -0.0575. The molecule has 0 unspecified atom stereocenters. The Hall–Kier alpha value is -3.25. The standard InChI is InChI=1S/C22H27N5O6S/c1-33-19-3-5-20(6-4-19)34(31,32)26-10-8-17(9-11-26)22(28)25-14-12-24(13-15-25)21-7-2-18(16-23-21)27(29)30/h2-7,16-17H,8-15H2,1H3. The van der Waals surface area contributed by atoms with Crippen molar-refractivity contribution in [1.29, 1.82) is 0 Å². The van der Waals surface area contributed by atoms with E-state index in [4.69, 9.17) is 4.74 Å². The molecule has 182 valence electrons. The number of sulfonamides is 1. The van der Waals surface area contributed by atoms with Crippen LogP contribution in [0.25, 0.3) is 0 Å². The molecule has 0 spiro atoms. The summed E-state index contributed by atoms with van der Waals surface area (Å²) in [6.45, 7) is 2.83. The normalized spacial score (nSPS) is 18.0. The number of rotatable bonds is 6. The van der Waals surface area contributed by atoms with Crippen molar-refractivity contribution < 1.29 is 22.9 Å². The molecule has 2 aliphatic rings. The van der Waals surface area contributed by atoms with E-state index in [1.165, 1.54) is 35.8 Å². The van der Waals surface area contributed by atoms with E-state index in [9.17, 15) is 23.3 Å². The molecule has 1 aromatic carbocycles. The fraction of sp³-hybridized carbons (Fsp3) is 0.455. The number of nitro groups is 1. The number of methoxy groups -OCH3 is 1.